The van der Waals surface area contributed by atoms with E-state index in [1.807, 2.05) is 4.72 Å². The zero-order valence-electron chi connectivity index (χ0n) is 11.1. The van der Waals surface area contributed by atoms with Crippen molar-refractivity contribution in [2.75, 3.05) is 18.5 Å². The van der Waals surface area contributed by atoms with Gasteiger partial charge in [0.25, 0.3) is 5.69 Å². The molecule has 0 bridgehead atoms. The van der Waals surface area contributed by atoms with Crippen LogP contribution in [0, 0.1) is 10.1 Å². The molecule has 1 amide bonds. The van der Waals surface area contributed by atoms with E-state index in [4.69, 9.17) is 5.84 Å². The molecule has 0 aromatic heterocycles. The lowest BCUT2D eigenvalue weighted by Crippen LogP contribution is -2.36. The number of nitro groups is 1. The Hall–Kier alpha value is -2.24. The van der Waals surface area contributed by atoms with Crippen LogP contribution in [0.5, 0.6) is 0 Å². The molecule has 11 heteroatoms. The van der Waals surface area contributed by atoms with Gasteiger partial charge in [-0.3, -0.25) is 20.8 Å². The molecule has 1 aromatic carbocycles. The maximum atomic E-state index is 11.9. The SMILES string of the molecule is CCNC(=O)CNS(=O)(=O)c1ccc(NN)c([N+](=O)[O-])c1. The van der Waals surface area contributed by atoms with Crippen molar-refractivity contribution in [1.82, 2.24) is 10.0 Å². The van der Waals surface area contributed by atoms with Crippen molar-refractivity contribution < 1.29 is 18.1 Å². The minimum Gasteiger partial charge on any atom is -0.355 e. The average molecular weight is 317 g/mol. The molecule has 21 heavy (non-hydrogen) atoms. The van der Waals surface area contributed by atoms with Crippen LogP contribution in [0.25, 0.3) is 0 Å². The van der Waals surface area contributed by atoms with Crippen LogP contribution in [-0.2, 0) is 14.8 Å². The van der Waals surface area contributed by atoms with Crippen LogP contribution in [0.3, 0.4) is 0 Å². The van der Waals surface area contributed by atoms with E-state index in [1.54, 1.807) is 6.92 Å². The molecule has 0 spiro atoms. The second-order valence-electron chi connectivity index (χ2n) is 3.86. The van der Waals surface area contributed by atoms with E-state index in [2.05, 4.69) is 10.7 Å². The molecule has 5 N–H and O–H groups in total. The molecule has 116 valence electrons. The number of rotatable bonds is 7. The third-order valence-electron chi connectivity index (χ3n) is 2.43. The van der Waals surface area contributed by atoms with Gasteiger partial charge in [-0.1, -0.05) is 0 Å². The number of nitrogen functional groups attached to an aromatic ring is 1. The number of carbonyl (C=O) groups excluding carboxylic acids is 1. The Morgan fingerprint density at radius 1 is 1.43 bits per heavy atom. The molecule has 0 fully saturated rings. The van der Waals surface area contributed by atoms with Gasteiger partial charge in [0, 0.05) is 12.6 Å². The Bertz CT molecular complexity index is 645. The molecular weight excluding hydrogens is 302 g/mol. The lowest BCUT2D eigenvalue weighted by atomic mass is 10.3. The molecule has 0 heterocycles. The number of nitrogens with two attached hydrogens (primary N) is 1. The Balaban J connectivity index is 3.01. The van der Waals surface area contributed by atoms with Gasteiger partial charge in [0.05, 0.1) is 16.4 Å². The molecule has 0 unspecified atom stereocenters. The van der Waals surface area contributed by atoms with Crippen molar-refractivity contribution in [2.45, 2.75) is 11.8 Å². The Labute approximate surface area is 120 Å². The second kappa shape index (κ2) is 6.97. The van der Waals surface area contributed by atoms with Gasteiger partial charge in [-0.25, -0.2) is 13.1 Å². The van der Waals surface area contributed by atoms with E-state index in [-0.39, 0.29) is 10.6 Å². The monoisotopic (exact) mass is 317 g/mol. The molecule has 0 saturated heterocycles. The molecular formula is C10H15N5O5S. The fraction of sp³-hybridized carbons (Fsp3) is 0.300. The number of nitrogens with one attached hydrogen (secondary N) is 3. The summed E-state index contributed by atoms with van der Waals surface area (Å²) in [5.41, 5.74) is 1.59. The highest BCUT2D eigenvalue weighted by atomic mass is 32.2. The summed E-state index contributed by atoms with van der Waals surface area (Å²) < 4.78 is 25.9. The van der Waals surface area contributed by atoms with Gasteiger partial charge in [-0.05, 0) is 19.1 Å². The van der Waals surface area contributed by atoms with E-state index < -0.39 is 33.1 Å². The molecule has 0 aliphatic rings. The third kappa shape index (κ3) is 4.37. The summed E-state index contributed by atoms with van der Waals surface area (Å²) in [6.07, 6.45) is 0. The minimum atomic E-state index is -4.04. The first kappa shape index (κ1) is 16.8. The first-order valence-electron chi connectivity index (χ1n) is 5.83. The summed E-state index contributed by atoms with van der Waals surface area (Å²) in [5.74, 6) is 4.60. The minimum absolute atomic E-state index is 0.0253. The number of amides is 1. The summed E-state index contributed by atoms with van der Waals surface area (Å²) in [6.45, 7) is 1.60. The van der Waals surface area contributed by atoms with Crippen molar-refractivity contribution in [3.63, 3.8) is 0 Å². The van der Waals surface area contributed by atoms with Crippen molar-refractivity contribution in [2.24, 2.45) is 5.84 Å². The Morgan fingerprint density at radius 2 is 2.10 bits per heavy atom. The number of nitrogens with zero attached hydrogens (tertiary/aromatic N) is 1. The number of likely N-dealkylation sites (N-methyl/N-ethyl adjacent to an activating group) is 1. The van der Waals surface area contributed by atoms with Crippen LogP contribution < -0.4 is 21.3 Å². The number of carbonyl (C=O) groups is 1. The molecule has 10 nitrogen and oxygen atoms in total. The molecule has 0 radical (unpaired) electrons. The lowest BCUT2D eigenvalue weighted by molar-refractivity contribution is -0.384. The molecule has 0 atom stereocenters. The predicted molar refractivity (Wildman–Crippen MR) is 74.8 cm³/mol. The normalized spacial score (nSPS) is 11.0. The number of hydrogen-bond acceptors (Lipinski definition) is 7. The topological polar surface area (TPSA) is 156 Å². The van der Waals surface area contributed by atoms with Crippen molar-refractivity contribution in [3.8, 4) is 0 Å². The highest BCUT2D eigenvalue weighted by Gasteiger charge is 2.21. The quantitative estimate of drug-likeness (QED) is 0.294. The van der Waals surface area contributed by atoms with E-state index in [1.165, 1.54) is 6.07 Å². The fourth-order valence-corrected chi connectivity index (χ4v) is 2.46. The highest BCUT2D eigenvalue weighted by molar-refractivity contribution is 7.89. The van der Waals surface area contributed by atoms with Gasteiger partial charge in [0.2, 0.25) is 15.9 Å². The Kier molecular flexibility index (Phi) is 5.58. The van der Waals surface area contributed by atoms with Crippen LogP contribution in [0.15, 0.2) is 23.1 Å². The van der Waals surface area contributed by atoms with Crippen LogP contribution in [-0.4, -0.2) is 32.3 Å². The van der Waals surface area contributed by atoms with Gasteiger partial charge in [-0.15, -0.1) is 0 Å². The number of anilines is 1. The lowest BCUT2D eigenvalue weighted by Gasteiger charge is -2.08. The fourth-order valence-electron chi connectivity index (χ4n) is 1.46. The molecule has 0 aliphatic carbocycles. The van der Waals surface area contributed by atoms with E-state index in [9.17, 15) is 23.3 Å². The van der Waals surface area contributed by atoms with Crippen LogP contribution in [0.2, 0.25) is 0 Å². The van der Waals surface area contributed by atoms with Gasteiger partial charge >= 0.3 is 0 Å². The standard InChI is InChI=1S/C10H15N5O5S/c1-2-12-10(16)6-13-21(19,20)7-3-4-8(14-11)9(5-7)15(17)18/h3-5,13-14H,2,6,11H2,1H3,(H,12,16). The highest BCUT2D eigenvalue weighted by Crippen LogP contribution is 2.26. The maximum absolute atomic E-state index is 11.9. The zero-order valence-corrected chi connectivity index (χ0v) is 11.9. The summed E-state index contributed by atoms with van der Waals surface area (Å²) in [4.78, 5) is 21.0. The first-order valence-corrected chi connectivity index (χ1v) is 7.31. The summed E-state index contributed by atoms with van der Waals surface area (Å²) >= 11 is 0. The van der Waals surface area contributed by atoms with Gasteiger partial charge in [0.15, 0.2) is 0 Å². The number of nitro benzene ring substituents is 1. The second-order valence-corrected chi connectivity index (χ2v) is 5.63. The third-order valence-corrected chi connectivity index (χ3v) is 3.83. The van der Waals surface area contributed by atoms with Crippen LogP contribution in [0.1, 0.15) is 6.92 Å². The predicted octanol–water partition coefficient (Wildman–Crippen LogP) is -0.705. The summed E-state index contributed by atoms with van der Waals surface area (Å²) in [7, 11) is -4.04. The zero-order chi connectivity index (χ0) is 16.0. The maximum Gasteiger partial charge on any atom is 0.294 e. The van der Waals surface area contributed by atoms with Crippen molar-refractivity contribution in [3.05, 3.63) is 28.3 Å². The van der Waals surface area contributed by atoms with Gasteiger partial charge in [-0.2, -0.15) is 0 Å². The molecule has 0 saturated carbocycles. The van der Waals surface area contributed by atoms with Crippen molar-refractivity contribution in [1.29, 1.82) is 0 Å². The first-order chi connectivity index (χ1) is 9.81. The van der Waals surface area contributed by atoms with Gasteiger partial charge < -0.3 is 10.7 Å². The number of hydrazine groups is 1. The molecule has 0 aliphatic heterocycles. The van der Waals surface area contributed by atoms with E-state index in [0.29, 0.717) is 6.54 Å². The largest absolute Gasteiger partial charge is 0.355 e. The number of benzene rings is 1. The smallest absolute Gasteiger partial charge is 0.294 e. The summed E-state index contributed by atoms with van der Waals surface area (Å²) in [6, 6.07) is 3.16. The number of sulfonamides is 1. The van der Waals surface area contributed by atoms with E-state index in [0.717, 1.165) is 12.1 Å². The van der Waals surface area contributed by atoms with Gasteiger partial charge in [0.1, 0.15) is 5.69 Å². The Morgan fingerprint density at radius 3 is 2.62 bits per heavy atom. The molecule has 1 aromatic rings. The van der Waals surface area contributed by atoms with E-state index >= 15 is 0 Å². The molecule has 1 rings (SSSR count). The average Bonchev–Trinajstić information content (AvgIpc) is 2.44. The van der Waals surface area contributed by atoms with Crippen LogP contribution >= 0.6 is 0 Å². The number of hydrogen-bond donors (Lipinski definition) is 4. The van der Waals surface area contributed by atoms with Crippen molar-refractivity contribution >= 4 is 27.3 Å². The summed E-state index contributed by atoms with van der Waals surface area (Å²) in [5, 5.41) is 13.3. The van der Waals surface area contributed by atoms with Crippen LogP contribution in [0.4, 0.5) is 11.4 Å².